The van der Waals surface area contributed by atoms with Gasteiger partial charge in [-0.15, -0.1) is 0 Å². The first-order chi connectivity index (χ1) is 5.11. The molecule has 0 aromatic carbocycles. The van der Waals surface area contributed by atoms with E-state index in [9.17, 15) is 9.59 Å². The Kier molecular flexibility index (Phi) is 4.45. The van der Waals surface area contributed by atoms with Crippen LogP contribution in [0.1, 0.15) is 13.8 Å². The van der Waals surface area contributed by atoms with Gasteiger partial charge in [0.2, 0.25) is 5.91 Å². The average Bonchev–Trinajstić information content (AvgIpc) is 1.99. The van der Waals surface area contributed by atoms with E-state index in [-0.39, 0.29) is 18.4 Å². The second-order valence-corrected chi connectivity index (χ2v) is 2.68. The second kappa shape index (κ2) is 4.85. The molecule has 0 heterocycles. The van der Waals surface area contributed by atoms with Gasteiger partial charge in [0.05, 0.1) is 12.6 Å². The molecule has 0 radical (unpaired) electrons. The highest BCUT2D eigenvalue weighted by molar-refractivity contribution is 5.81. The van der Waals surface area contributed by atoms with E-state index < -0.39 is 6.04 Å². The molecule has 0 saturated carbocycles. The maximum Gasteiger partial charge on any atom is 0.234 e. The lowest BCUT2D eigenvalue weighted by Crippen LogP contribution is -2.42. The quantitative estimate of drug-likeness (QED) is 0.530. The van der Waals surface area contributed by atoms with E-state index in [1.54, 1.807) is 0 Å². The lowest BCUT2D eigenvalue weighted by molar-refractivity contribution is -0.123. The van der Waals surface area contributed by atoms with Crippen LogP contribution >= 0.6 is 0 Å². The van der Waals surface area contributed by atoms with Crippen molar-refractivity contribution >= 4 is 12.2 Å². The largest absolute Gasteiger partial charge is 0.345 e. The summed E-state index contributed by atoms with van der Waals surface area (Å²) in [5.74, 6) is -0.182. The number of rotatable bonds is 4. The molecule has 0 spiro atoms. The van der Waals surface area contributed by atoms with Crippen LogP contribution in [0.3, 0.4) is 0 Å². The van der Waals surface area contributed by atoms with Gasteiger partial charge in [-0.25, -0.2) is 0 Å². The van der Waals surface area contributed by atoms with Gasteiger partial charge in [-0.3, -0.25) is 4.79 Å². The lowest BCUT2D eigenvalue weighted by Gasteiger charge is -2.14. The van der Waals surface area contributed by atoms with Crippen molar-refractivity contribution in [3.8, 4) is 0 Å². The third-order valence-electron chi connectivity index (χ3n) is 1.38. The molecule has 1 unspecified atom stereocenters. The molecule has 4 nitrogen and oxygen atoms in total. The van der Waals surface area contributed by atoms with E-state index in [4.69, 9.17) is 5.73 Å². The first kappa shape index (κ1) is 10.1. The predicted molar refractivity (Wildman–Crippen MR) is 41.9 cm³/mol. The third kappa shape index (κ3) is 3.72. The Labute approximate surface area is 66.1 Å². The van der Waals surface area contributed by atoms with Crippen LogP contribution in [0, 0.1) is 5.92 Å². The molecule has 0 aromatic heterocycles. The average molecular weight is 158 g/mol. The molecule has 0 rings (SSSR count). The Balaban J connectivity index is 3.87. The zero-order valence-corrected chi connectivity index (χ0v) is 6.83. The van der Waals surface area contributed by atoms with E-state index >= 15 is 0 Å². The van der Waals surface area contributed by atoms with Gasteiger partial charge in [-0.05, 0) is 5.92 Å². The molecule has 0 aliphatic rings. The van der Waals surface area contributed by atoms with Crippen molar-refractivity contribution in [2.45, 2.75) is 19.9 Å². The molecule has 3 N–H and O–H groups in total. The van der Waals surface area contributed by atoms with E-state index in [0.29, 0.717) is 0 Å². The van der Waals surface area contributed by atoms with E-state index in [1.807, 2.05) is 13.8 Å². The van der Waals surface area contributed by atoms with Gasteiger partial charge in [0.25, 0.3) is 0 Å². The van der Waals surface area contributed by atoms with Crippen molar-refractivity contribution in [2.24, 2.45) is 11.7 Å². The fraction of sp³-hybridized carbons (Fsp3) is 0.714. The summed E-state index contributed by atoms with van der Waals surface area (Å²) in [4.78, 5) is 21.0. The maximum atomic E-state index is 10.7. The van der Waals surface area contributed by atoms with E-state index in [0.717, 1.165) is 6.29 Å². The highest BCUT2D eigenvalue weighted by atomic mass is 16.2. The van der Waals surface area contributed by atoms with Crippen molar-refractivity contribution in [1.82, 2.24) is 5.32 Å². The Hall–Kier alpha value is -0.900. The summed E-state index contributed by atoms with van der Waals surface area (Å²) in [6.07, 6.45) is 0.720. The number of aldehydes is 1. The second-order valence-electron chi connectivity index (χ2n) is 2.68. The molecule has 0 aromatic rings. The molecule has 0 bridgehead atoms. The van der Waals surface area contributed by atoms with Crippen molar-refractivity contribution in [3.63, 3.8) is 0 Å². The summed E-state index contributed by atoms with van der Waals surface area (Å²) in [6, 6.07) is -0.411. The number of carbonyl (C=O) groups excluding carboxylic acids is 2. The number of hydrogen-bond donors (Lipinski definition) is 2. The minimum absolute atomic E-state index is 0.0724. The number of nitrogens with one attached hydrogen (secondary N) is 1. The molecule has 4 heteroatoms. The molecule has 1 atom stereocenters. The van der Waals surface area contributed by atoms with Crippen molar-refractivity contribution in [2.75, 3.05) is 6.54 Å². The Morgan fingerprint density at radius 3 is 2.45 bits per heavy atom. The van der Waals surface area contributed by atoms with Crippen molar-refractivity contribution in [1.29, 1.82) is 0 Å². The number of amides is 1. The van der Waals surface area contributed by atoms with Crippen LogP contribution in [0.15, 0.2) is 0 Å². The van der Waals surface area contributed by atoms with E-state index in [1.165, 1.54) is 0 Å². The topological polar surface area (TPSA) is 72.2 Å². The number of hydrogen-bond acceptors (Lipinski definition) is 3. The lowest BCUT2D eigenvalue weighted by atomic mass is 10.1. The van der Waals surface area contributed by atoms with Crippen LogP contribution in [0.25, 0.3) is 0 Å². The highest BCUT2D eigenvalue weighted by Gasteiger charge is 2.13. The standard InChI is InChI=1S/C7H14N2O2/c1-5(2)6(4-10)9-7(11)3-8/h4-6H,3,8H2,1-2H3,(H,9,11). The third-order valence-corrected chi connectivity index (χ3v) is 1.38. The van der Waals surface area contributed by atoms with Crippen molar-refractivity contribution < 1.29 is 9.59 Å². The molecule has 11 heavy (non-hydrogen) atoms. The van der Waals surface area contributed by atoms with Crippen LogP contribution in [0.2, 0.25) is 0 Å². The molecule has 0 saturated heterocycles. The summed E-state index contributed by atoms with van der Waals surface area (Å²) in [7, 11) is 0. The first-order valence-corrected chi connectivity index (χ1v) is 3.56. The zero-order chi connectivity index (χ0) is 8.85. The summed E-state index contributed by atoms with van der Waals surface area (Å²) < 4.78 is 0. The molecule has 0 aliphatic heterocycles. The smallest absolute Gasteiger partial charge is 0.234 e. The van der Waals surface area contributed by atoms with Crippen LogP contribution in [-0.2, 0) is 9.59 Å². The van der Waals surface area contributed by atoms with Gasteiger partial charge in [-0.1, -0.05) is 13.8 Å². The zero-order valence-electron chi connectivity index (χ0n) is 6.83. The van der Waals surface area contributed by atoms with Crippen molar-refractivity contribution in [3.05, 3.63) is 0 Å². The Bertz CT molecular complexity index is 145. The van der Waals surface area contributed by atoms with Gasteiger partial charge < -0.3 is 15.8 Å². The van der Waals surface area contributed by atoms with E-state index in [2.05, 4.69) is 5.32 Å². The fourth-order valence-corrected chi connectivity index (χ4v) is 0.603. The Morgan fingerprint density at radius 1 is 1.64 bits per heavy atom. The number of carbonyl (C=O) groups is 2. The van der Waals surface area contributed by atoms with Gasteiger partial charge in [0.15, 0.2) is 0 Å². The van der Waals surface area contributed by atoms with Gasteiger partial charge in [0, 0.05) is 0 Å². The highest BCUT2D eigenvalue weighted by Crippen LogP contribution is 1.97. The minimum Gasteiger partial charge on any atom is -0.345 e. The monoisotopic (exact) mass is 158 g/mol. The molecular formula is C7H14N2O2. The molecule has 0 fully saturated rings. The molecule has 1 amide bonds. The van der Waals surface area contributed by atoms with Crippen LogP contribution < -0.4 is 11.1 Å². The summed E-state index contributed by atoms with van der Waals surface area (Å²) >= 11 is 0. The van der Waals surface area contributed by atoms with Gasteiger partial charge in [0.1, 0.15) is 6.29 Å². The predicted octanol–water partition coefficient (Wildman–Crippen LogP) is -0.715. The molecule has 0 aliphatic carbocycles. The minimum atomic E-state index is -0.411. The normalized spacial score (nSPS) is 12.7. The van der Waals surface area contributed by atoms with Crippen LogP contribution in [-0.4, -0.2) is 24.8 Å². The Morgan fingerprint density at radius 2 is 2.18 bits per heavy atom. The van der Waals surface area contributed by atoms with Gasteiger partial charge in [-0.2, -0.15) is 0 Å². The first-order valence-electron chi connectivity index (χ1n) is 3.56. The molecular weight excluding hydrogens is 144 g/mol. The van der Waals surface area contributed by atoms with Crippen LogP contribution in [0.4, 0.5) is 0 Å². The number of nitrogens with two attached hydrogens (primary N) is 1. The SMILES string of the molecule is CC(C)C(C=O)NC(=O)CN. The van der Waals surface area contributed by atoms with Gasteiger partial charge >= 0.3 is 0 Å². The van der Waals surface area contributed by atoms with Crippen LogP contribution in [0.5, 0.6) is 0 Å². The summed E-state index contributed by atoms with van der Waals surface area (Å²) in [6.45, 7) is 3.64. The molecule has 64 valence electrons. The fourth-order valence-electron chi connectivity index (χ4n) is 0.603. The summed E-state index contributed by atoms with van der Waals surface area (Å²) in [5, 5.41) is 2.48. The summed E-state index contributed by atoms with van der Waals surface area (Å²) in [5.41, 5.74) is 5.05. The maximum absolute atomic E-state index is 10.7.